The van der Waals surface area contributed by atoms with Crippen LogP contribution in [0.4, 0.5) is 5.69 Å². The molecule has 7 nitrogen and oxygen atoms in total. The van der Waals surface area contributed by atoms with Gasteiger partial charge >= 0.3 is 0 Å². The highest BCUT2D eigenvalue weighted by Gasteiger charge is 2.34. The highest BCUT2D eigenvalue weighted by atomic mass is 32.2. The summed E-state index contributed by atoms with van der Waals surface area (Å²) in [7, 11) is -3.62. The lowest BCUT2D eigenvalue weighted by atomic mass is 10.00. The fraction of sp³-hybridized carbons (Fsp3) is 0.174. The lowest BCUT2D eigenvalue weighted by Gasteiger charge is -2.31. The van der Waals surface area contributed by atoms with Gasteiger partial charge in [0, 0.05) is 29.8 Å². The van der Waals surface area contributed by atoms with Crippen molar-refractivity contribution in [3.05, 3.63) is 71.8 Å². The molecule has 0 saturated heterocycles. The van der Waals surface area contributed by atoms with Crippen molar-refractivity contribution >= 4 is 21.6 Å². The molecule has 0 spiro atoms. The molecule has 0 aromatic heterocycles. The van der Waals surface area contributed by atoms with Gasteiger partial charge in [-0.15, -0.1) is 0 Å². The van der Waals surface area contributed by atoms with E-state index in [0.29, 0.717) is 41.4 Å². The number of fused-ring (bicyclic) bond motifs is 4. The summed E-state index contributed by atoms with van der Waals surface area (Å²) in [6, 6.07) is 17.5. The molecule has 5 rings (SSSR count). The van der Waals surface area contributed by atoms with Crippen LogP contribution in [0.2, 0.25) is 0 Å². The summed E-state index contributed by atoms with van der Waals surface area (Å²) in [6.45, 7) is 2.63. The van der Waals surface area contributed by atoms with E-state index in [1.165, 1.54) is 4.31 Å². The summed E-state index contributed by atoms with van der Waals surface area (Å²) in [6.07, 6.45) is 0. The first-order valence-corrected chi connectivity index (χ1v) is 11.4. The van der Waals surface area contributed by atoms with Crippen molar-refractivity contribution in [2.75, 3.05) is 17.6 Å². The maximum absolute atomic E-state index is 13.0. The van der Waals surface area contributed by atoms with Crippen molar-refractivity contribution < 1.29 is 22.7 Å². The van der Waals surface area contributed by atoms with Gasteiger partial charge in [0.1, 0.15) is 0 Å². The molecule has 0 aliphatic carbocycles. The molecule has 31 heavy (non-hydrogen) atoms. The fourth-order valence-electron chi connectivity index (χ4n) is 3.95. The van der Waals surface area contributed by atoms with Gasteiger partial charge in [0.25, 0.3) is 15.9 Å². The van der Waals surface area contributed by atoms with E-state index in [9.17, 15) is 13.2 Å². The van der Waals surface area contributed by atoms with Gasteiger partial charge in [-0.05, 0) is 48.9 Å². The highest BCUT2D eigenvalue weighted by molar-refractivity contribution is 7.93. The molecule has 0 atom stereocenters. The predicted molar refractivity (Wildman–Crippen MR) is 116 cm³/mol. The van der Waals surface area contributed by atoms with E-state index in [0.717, 1.165) is 11.1 Å². The zero-order valence-corrected chi connectivity index (χ0v) is 17.6. The number of carbonyl (C=O) groups excluding carboxylic acids is 1. The topological polar surface area (TPSA) is 84.9 Å². The van der Waals surface area contributed by atoms with E-state index in [1.807, 2.05) is 18.2 Å². The van der Waals surface area contributed by atoms with Crippen LogP contribution in [0.5, 0.6) is 11.5 Å². The van der Waals surface area contributed by atoms with Crippen LogP contribution in [-0.4, -0.2) is 27.7 Å². The van der Waals surface area contributed by atoms with Gasteiger partial charge in [-0.1, -0.05) is 24.3 Å². The molecule has 0 bridgehead atoms. The maximum Gasteiger partial charge on any atom is 0.264 e. The molecule has 2 heterocycles. The fourth-order valence-corrected chi connectivity index (χ4v) is 5.65. The van der Waals surface area contributed by atoms with Crippen LogP contribution in [0.1, 0.15) is 22.8 Å². The third kappa shape index (κ3) is 3.19. The van der Waals surface area contributed by atoms with Crippen LogP contribution in [0.15, 0.2) is 65.6 Å². The van der Waals surface area contributed by atoms with Gasteiger partial charge in [-0.2, -0.15) is 0 Å². The molecule has 0 saturated carbocycles. The Morgan fingerprint density at radius 2 is 1.81 bits per heavy atom. The Bertz CT molecular complexity index is 1300. The SMILES string of the molecule is CCN1c2ccc(C(=O)NCc3ccc4c(c3)OCO4)cc2-c2ccccc2S1(=O)=O. The molecule has 3 aromatic rings. The molecule has 2 aliphatic rings. The summed E-state index contributed by atoms with van der Waals surface area (Å²) in [4.78, 5) is 13.1. The van der Waals surface area contributed by atoms with E-state index in [4.69, 9.17) is 9.47 Å². The van der Waals surface area contributed by atoms with E-state index in [2.05, 4.69) is 5.32 Å². The highest BCUT2D eigenvalue weighted by Crippen LogP contribution is 2.43. The van der Waals surface area contributed by atoms with Crippen LogP contribution >= 0.6 is 0 Å². The second-order valence-electron chi connectivity index (χ2n) is 7.27. The molecular formula is C23H20N2O5S. The number of hydrogen-bond donors (Lipinski definition) is 1. The summed E-state index contributed by atoms with van der Waals surface area (Å²) in [5, 5.41) is 2.91. The van der Waals surface area contributed by atoms with Crippen molar-refractivity contribution in [2.45, 2.75) is 18.4 Å². The van der Waals surface area contributed by atoms with E-state index < -0.39 is 10.0 Å². The van der Waals surface area contributed by atoms with Gasteiger partial charge in [-0.3, -0.25) is 9.10 Å². The number of nitrogens with zero attached hydrogens (tertiary/aromatic N) is 1. The number of nitrogens with one attached hydrogen (secondary N) is 1. The van der Waals surface area contributed by atoms with Gasteiger partial charge in [0.15, 0.2) is 11.5 Å². The number of rotatable bonds is 4. The smallest absolute Gasteiger partial charge is 0.264 e. The first-order valence-electron chi connectivity index (χ1n) is 9.92. The molecule has 158 valence electrons. The van der Waals surface area contributed by atoms with E-state index in [-0.39, 0.29) is 17.6 Å². The number of hydrogen-bond acceptors (Lipinski definition) is 5. The molecule has 0 radical (unpaired) electrons. The zero-order valence-electron chi connectivity index (χ0n) is 16.8. The van der Waals surface area contributed by atoms with Crippen molar-refractivity contribution in [1.82, 2.24) is 5.32 Å². The molecule has 2 aliphatic heterocycles. The maximum atomic E-state index is 13.0. The standard InChI is InChI=1S/C23H20N2O5S/c1-2-25-19-9-8-16(12-18(19)17-5-3-4-6-22(17)31(25,27)28)23(26)24-13-15-7-10-20-21(11-15)30-14-29-20/h3-12H,2,13-14H2,1H3,(H,24,26). The Morgan fingerprint density at radius 1 is 1.00 bits per heavy atom. The van der Waals surface area contributed by atoms with E-state index >= 15 is 0 Å². The predicted octanol–water partition coefficient (Wildman–Crippen LogP) is 3.54. The first-order chi connectivity index (χ1) is 15.0. The average molecular weight is 436 g/mol. The second kappa shape index (κ2) is 7.31. The van der Waals surface area contributed by atoms with E-state index in [1.54, 1.807) is 49.4 Å². The Kier molecular flexibility index (Phi) is 4.59. The number of anilines is 1. The van der Waals surface area contributed by atoms with Gasteiger partial charge < -0.3 is 14.8 Å². The van der Waals surface area contributed by atoms with Crippen LogP contribution in [0.3, 0.4) is 0 Å². The lowest BCUT2D eigenvalue weighted by molar-refractivity contribution is 0.0951. The number of benzene rings is 3. The second-order valence-corrected chi connectivity index (χ2v) is 9.10. The molecule has 0 fully saturated rings. The summed E-state index contributed by atoms with van der Waals surface area (Å²) in [5.41, 5.74) is 3.26. The number of amides is 1. The van der Waals surface area contributed by atoms with Crippen LogP contribution in [-0.2, 0) is 16.6 Å². The third-order valence-electron chi connectivity index (χ3n) is 5.45. The van der Waals surface area contributed by atoms with Crippen molar-refractivity contribution in [1.29, 1.82) is 0 Å². The third-order valence-corrected chi connectivity index (χ3v) is 7.40. The normalized spacial score (nSPS) is 15.2. The lowest BCUT2D eigenvalue weighted by Crippen LogP contribution is -2.34. The van der Waals surface area contributed by atoms with Crippen molar-refractivity contribution in [2.24, 2.45) is 0 Å². The minimum absolute atomic E-state index is 0.201. The molecular weight excluding hydrogens is 416 g/mol. The van der Waals surface area contributed by atoms with Crippen molar-refractivity contribution in [3.63, 3.8) is 0 Å². The molecule has 8 heteroatoms. The summed E-state index contributed by atoms with van der Waals surface area (Å²) in [5.74, 6) is 1.12. The number of sulfonamides is 1. The Labute approximate surface area is 180 Å². The molecule has 1 amide bonds. The average Bonchev–Trinajstić information content (AvgIpc) is 3.25. The van der Waals surface area contributed by atoms with Crippen LogP contribution in [0.25, 0.3) is 11.1 Å². The largest absolute Gasteiger partial charge is 0.454 e. The van der Waals surface area contributed by atoms with Crippen LogP contribution in [0, 0.1) is 0 Å². The Morgan fingerprint density at radius 3 is 2.65 bits per heavy atom. The molecule has 1 N–H and O–H groups in total. The summed E-state index contributed by atoms with van der Waals surface area (Å²) < 4.78 is 38.0. The monoisotopic (exact) mass is 436 g/mol. The Balaban J connectivity index is 1.44. The number of ether oxygens (including phenoxy) is 2. The number of carbonyl (C=O) groups is 1. The zero-order chi connectivity index (χ0) is 21.6. The first kappa shape index (κ1) is 19.4. The summed E-state index contributed by atoms with van der Waals surface area (Å²) >= 11 is 0. The quantitative estimate of drug-likeness (QED) is 0.676. The minimum atomic E-state index is -3.62. The van der Waals surface area contributed by atoms with Gasteiger partial charge in [0.05, 0.1) is 10.6 Å². The molecule has 0 unspecified atom stereocenters. The van der Waals surface area contributed by atoms with Crippen LogP contribution < -0.4 is 19.1 Å². The van der Waals surface area contributed by atoms with Gasteiger partial charge in [0.2, 0.25) is 6.79 Å². The van der Waals surface area contributed by atoms with Gasteiger partial charge in [-0.25, -0.2) is 8.42 Å². The molecule has 3 aromatic carbocycles. The minimum Gasteiger partial charge on any atom is -0.454 e. The Hall–Kier alpha value is -3.52. The van der Waals surface area contributed by atoms with Crippen molar-refractivity contribution in [3.8, 4) is 22.6 Å².